The number of hydrogen-bond acceptors (Lipinski definition) is 2. The highest BCUT2D eigenvalue weighted by atomic mass is 16.5. The van der Waals surface area contributed by atoms with E-state index in [1.807, 2.05) is 19.1 Å². The zero-order valence-electron chi connectivity index (χ0n) is 6.29. The van der Waals surface area contributed by atoms with E-state index < -0.39 is 0 Å². The topological polar surface area (TPSA) is 29.5 Å². The van der Waals surface area contributed by atoms with Crippen LogP contribution in [-0.4, -0.2) is 18.3 Å². The SMILES string of the molecule is COC1=CC(C)=CC(O)C1. The van der Waals surface area contributed by atoms with Gasteiger partial charge in [-0.3, -0.25) is 0 Å². The molecule has 0 aliphatic heterocycles. The predicted octanol–water partition coefficient (Wildman–Crippen LogP) is 1.23. The van der Waals surface area contributed by atoms with E-state index in [9.17, 15) is 5.11 Å². The number of methoxy groups -OCH3 is 1. The van der Waals surface area contributed by atoms with Crippen LogP contribution in [0, 0.1) is 0 Å². The maximum atomic E-state index is 9.18. The molecule has 0 aromatic rings. The number of allylic oxidation sites excluding steroid dienone is 2. The van der Waals surface area contributed by atoms with E-state index in [1.54, 1.807) is 7.11 Å². The first-order chi connectivity index (χ1) is 4.72. The monoisotopic (exact) mass is 140 g/mol. The Bertz CT molecular complexity index is 180. The molecule has 0 bridgehead atoms. The molecule has 0 aromatic heterocycles. The zero-order chi connectivity index (χ0) is 7.56. The lowest BCUT2D eigenvalue weighted by molar-refractivity contribution is 0.180. The molecule has 0 saturated carbocycles. The van der Waals surface area contributed by atoms with Gasteiger partial charge in [0.05, 0.1) is 19.0 Å². The van der Waals surface area contributed by atoms with Gasteiger partial charge in [-0.05, 0) is 18.6 Å². The van der Waals surface area contributed by atoms with Gasteiger partial charge in [0, 0.05) is 6.42 Å². The summed E-state index contributed by atoms with van der Waals surface area (Å²) in [5.74, 6) is 0.854. The molecule has 0 spiro atoms. The van der Waals surface area contributed by atoms with Gasteiger partial charge in [0.2, 0.25) is 0 Å². The van der Waals surface area contributed by atoms with Crippen LogP contribution in [0.2, 0.25) is 0 Å². The minimum absolute atomic E-state index is 0.361. The first-order valence-corrected chi connectivity index (χ1v) is 3.33. The number of ether oxygens (including phenoxy) is 1. The first-order valence-electron chi connectivity index (χ1n) is 3.33. The molecule has 1 aliphatic carbocycles. The fourth-order valence-corrected chi connectivity index (χ4v) is 1.07. The van der Waals surface area contributed by atoms with Crippen LogP contribution in [-0.2, 0) is 4.74 Å². The third-order valence-electron chi connectivity index (χ3n) is 1.52. The van der Waals surface area contributed by atoms with E-state index in [0.717, 1.165) is 11.3 Å². The Kier molecular flexibility index (Phi) is 2.12. The minimum Gasteiger partial charge on any atom is -0.501 e. The lowest BCUT2D eigenvalue weighted by Gasteiger charge is -2.14. The molecule has 0 fully saturated rings. The number of aliphatic hydroxyl groups is 1. The lowest BCUT2D eigenvalue weighted by Crippen LogP contribution is -2.09. The Hall–Kier alpha value is -0.760. The summed E-state index contributed by atoms with van der Waals surface area (Å²) in [5, 5.41) is 9.18. The standard InChI is InChI=1S/C8H12O2/c1-6-3-7(9)5-8(4-6)10-2/h3-4,7,9H,5H2,1-2H3. The van der Waals surface area contributed by atoms with Crippen LogP contribution in [0.15, 0.2) is 23.5 Å². The summed E-state index contributed by atoms with van der Waals surface area (Å²) in [6, 6.07) is 0. The van der Waals surface area contributed by atoms with Gasteiger partial charge in [0.15, 0.2) is 0 Å². The first kappa shape index (κ1) is 7.35. The molecule has 0 saturated heterocycles. The van der Waals surface area contributed by atoms with Crippen molar-refractivity contribution in [3.63, 3.8) is 0 Å². The van der Waals surface area contributed by atoms with Crippen LogP contribution in [0.25, 0.3) is 0 Å². The van der Waals surface area contributed by atoms with Crippen LogP contribution in [0.1, 0.15) is 13.3 Å². The highest BCUT2D eigenvalue weighted by Crippen LogP contribution is 2.17. The molecular formula is C8H12O2. The van der Waals surface area contributed by atoms with Gasteiger partial charge in [0.1, 0.15) is 0 Å². The molecule has 1 atom stereocenters. The molecule has 1 aliphatic rings. The van der Waals surface area contributed by atoms with Crippen molar-refractivity contribution in [2.75, 3.05) is 7.11 Å². The molecule has 2 heteroatoms. The molecular weight excluding hydrogens is 128 g/mol. The van der Waals surface area contributed by atoms with Crippen LogP contribution < -0.4 is 0 Å². The second kappa shape index (κ2) is 2.88. The molecule has 56 valence electrons. The summed E-state index contributed by atoms with van der Waals surface area (Å²) < 4.78 is 4.99. The molecule has 1 rings (SSSR count). The smallest absolute Gasteiger partial charge is 0.0987 e. The molecule has 0 heterocycles. The van der Waals surface area contributed by atoms with Gasteiger partial charge in [-0.2, -0.15) is 0 Å². The maximum absolute atomic E-state index is 9.18. The quantitative estimate of drug-likeness (QED) is 0.593. The third kappa shape index (κ3) is 1.61. The molecule has 1 N–H and O–H groups in total. The molecule has 0 radical (unpaired) electrons. The summed E-state index contributed by atoms with van der Waals surface area (Å²) in [6.07, 6.45) is 4.00. The van der Waals surface area contributed by atoms with Crippen LogP contribution in [0.5, 0.6) is 0 Å². The largest absolute Gasteiger partial charge is 0.501 e. The van der Waals surface area contributed by atoms with Crippen molar-refractivity contribution in [3.8, 4) is 0 Å². The minimum atomic E-state index is -0.361. The predicted molar refractivity (Wildman–Crippen MR) is 39.5 cm³/mol. The van der Waals surface area contributed by atoms with Crippen molar-refractivity contribution < 1.29 is 9.84 Å². The summed E-state index contributed by atoms with van der Waals surface area (Å²) >= 11 is 0. The van der Waals surface area contributed by atoms with E-state index in [1.165, 1.54) is 0 Å². The molecule has 2 nitrogen and oxygen atoms in total. The lowest BCUT2D eigenvalue weighted by atomic mass is 10.0. The Balaban J connectivity index is 2.70. The average molecular weight is 140 g/mol. The van der Waals surface area contributed by atoms with Crippen molar-refractivity contribution in [1.29, 1.82) is 0 Å². The van der Waals surface area contributed by atoms with Gasteiger partial charge >= 0.3 is 0 Å². The fourth-order valence-electron chi connectivity index (χ4n) is 1.07. The number of rotatable bonds is 1. The highest BCUT2D eigenvalue weighted by Gasteiger charge is 2.09. The summed E-state index contributed by atoms with van der Waals surface area (Å²) in [6.45, 7) is 1.95. The summed E-state index contributed by atoms with van der Waals surface area (Å²) in [4.78, 5) is 0. The zero-order valence-corrected chi connectivity index (χ0v) is 6.29. The van der Waals surface area contributed by atoms with Crippen molar-refractivity contribution in [3.05, 3.63) is 23.5 Å². The van der Waals surface area contributed by atoms with Gasteiger partial charge in [-0.15, -0.1) is 0 Å². The van der Waals surface area contributed by atoms with Crippen LogP contribution in [0.3, 0.4) is 0 Å². The second-order valence-corrected chi connectivity index (χ2v) is 2.50. The van der Waals surface area contributed by atoms with Crippen molar-refractivity contribution >= 4 is 0 Å². The number of aliphatic hydroxyl groups excluding tert-OH is 1. The van der Waals surface area contributed by atoms with Gasteiger partial charge in [0.25, 0.3) is 0 Å². The Labute approximate surface area is 60.8 Å². The van der Waals surface area contributed by atoms with E-state index in [-0.39, 0.29) is 6.10 Å². The Morgan fingerprint density at radius 1 is 1.70 bits per heavy atom. The third-order valence-corrected chi connectivity index (χ3v) is 1.52. The average Bonchev–Trinajstić information content (AvgIpc) is 1.85. The van der Waals surface area contributed by atoms with Crippen molar-refractivity contribution in [2.45, 2.75) is 19.4 Å². The van der Waals surface area contributed by atoms with Gasteiger partial charge < -0.3 is 9.84 Å². The summed E-state index contributed by atoms with van der Waals surface area (Å²) in [5.41, 5.74) is 1.07. The van der Waals surface area contributed by atoms with E-state index in [2.05, 4.69) is 0 Å². The van der Waals surface area contributed by atoms with E-state index >= 15 is 0 Å². The van der Waals surface area contributed by atoms with Crippen molar-refractivity contribution in [1.82, 2.24) is 0 Å². The Morgan fingerprint density at radius 3 is 2.90 bits per heavy atom. The van der Waals surface area contributed by atoms with Crippen LogP contribution >= 0.6 is 0 Å². The van der Waals surface area contributed by atoms with Crippen molar-refractivity contribution in [2.24, 2.45) is 0 Å². The highest BCUT2D eigenvalue weighted by molar-refractivity contribution is 5.25. The maximum Gasteiger partial charge on any atom is 0.0987 e. The molecule has 1 unspecified atom stereocenters. The van der Waals surface area contributed by atoms with E-state index in [4.69, 9.17) is 4.74 Å². The van der Waals surface area contributed by atoms with Gasteiger partial charge in [-0.25, -0.2) is 0 Å². The second-order valence-electron chi connectivity index (χ2n) is 2.50. The molecule has 0 aromatic carbocycles. The molecule has 0 amide bonds. The Morgan fingerprint density at radius 2 is 2.40 bits per heavy atom. The van der Waals surface area contributed by atoms with Crippen LogP contribution in [0.4, 0.5) is 0 Å². The number of hydrogen-bond donors (Lipinski definition) is 1. The normalized spacial score (nSPS) is 25.3. The summed E-state index contributed by atoms with van der Waals surface area (Å²) in [7, 11) is 1.62. The fraction of sp³-hybridized carbons (Fsp3) is 0.500. The van der Waals surface area contributed by atoms with Gasteiger partial charge in [-0.1, -0.05) is 6.08 Å². The molecule has 10 heavy (non-hydrogen) atoms. The van der Waals surface area contributed by atoms with E-state index in [0.29, 0.717) is 6.42 Å².